The van der Waals surface area contributed by atoms with Crippen LogP contribution in [-0.4, -0.2) is 16.7 Å². The highest BCUT2D eigenvalue weighted by atomic mass is 32.2. The highest BCUT2D eigenvalue weighted by Gasteiger charge is 2.13. The highest BCUT2D eigenvalue weighted by molar-refractivity contribution is 8.43. The van der Waals surface area contributed by atoms with Crippen molar-refractivity contribution >= 4 is 27.9 Å². The van der Waals surface area contributed by atoms with E-state index in [2.05, 4.69) is 25.4 Å². The van der Waals surface area contributed by atoms with Gasteiger partial charge in [0.1, 0.15) is 4.38 Å². The summed E-state index contributed by atoms with van der Waals surface area (Å²) < 4.78 is 1.20. The van der Waals surface area contributed by atoms with Crippen LogP contribution in [0.5, 0.6) is 0 Å². The maximum absolute atomic E-state index is 4.45. The van der Waals surface area contributed by atoms with Crippen molar-refractivity contribution in [1.29, 1.82) is 0 Å². The quantitative estimate of drug-likeness (QED) is 0.659. The third-order valence-corrected chi connectivity index (χ3v) is 3.57. The van der Waals surface area contributed by atoms with Crippen LogP contribution >= 0.6 is 23.5 Å². The molecule has 0 radical (unpaired) electrons. The summed E-state index contributed by atoms with van der Waals surface area (Å²) in [6.45, 7) is 9.21. The van der Waals surface area contributed by atoms with Gasteiger partial charge in [-0.2, -0.15) is 0 Å². The molecule has 3 heteroatoms. The van der Waals surface area contributed by atoms with E-state index in [9.17, 15) is 0 Å². The Morgan fingerprint density at radius 2 is 2.36 bits per heavy atom. The summed E-state index contributed by atoms with van der Waals surface area (Å²) in [5, 5.41) is 0. The van der Waals surface area contributed by atoms with E-state index in [1.807, 2.05) is 0 Å². The molecule has 1 aliphatic heterocycles. The predicted molar refractivity (Wildman–Crippen MR) is 56.3 cm³/mol. The summed E-state index contributed by atoms with van der Waals surface area (Å²) in [6.07, 6.45) is 0. The summed E-state index contributed by atoms with van der Waals surface area (Å²) in [5.74, 6) is 1.71. The van der Waals surface area contributed by atoms with E-state index in [-0.39, 0.29) is 0 Å². The number of rotatable bonds is 2. The molecule has 62 valence electrons. The van der Waals surface area contributed by atoms with Gasteiger partial charge >= 0.3 is 0 Å². The van der Waals surface area contributed by atoms with Gasteiger partial charge in [-0.15, -0.1) is 0 Å². The Bertz CT molecular complexity index is 185. The molecule has 11 heavy (non-hydrogen) atoms. The van der Waals surface area contributed by atoms with E-state index in [4.69, 9.17) is 0 Å². The first-order chi connectivity index (χ1) is 5.18. The van der Waals surface area contributed by atoms with Crippen LogP contribution in [0.15, 0.2) is 16.5 Å². The van der Waals surface area contributed by atoms with Crippen molar-refractivity contribution in [3.05, 3.63) is 11.5 Å². The van der Waals surface area contributed by atoms with Crippen LogP contribution < -0.4 is 0 Å². The molecule has 0 aromatic heterocycles. The van der Waals surface area contributed by atoms with Crippen LogP contribution in [0.4, 0.5) is 0 Å². The van der Waals surface area contributed by atoms with Crippen molar-refractivity contribution < 1.29 is 0 Å². The van der Waals surface area contributed by atoms with Gasteiger partial charge in [-0.3, -0.25) is 4.99 Å². The zero-order chi connectivity index (χ0) is 8.27. The number of thioether (sulfide) groups is 2. The zero-order valence-corrected chi connectivity index (χ0v) is 8.60. The molecular weight excluding hydrogens is 174 g/mol. The van der Waals surface area contributed by atoms with Crippen molar-refractivity contribution in [3.63, 3.8) is 0 Å². The van der Waals surface area contributed by atoms with Gasteiger partial charge in [-0.05, 0) is 10.8 Å². The first-order valence-electron chi connectivity index (χ1n) is 3.71. The summed E-state index contributed by atoms with van der Waals surface area (Å²) in [7, 11) is 0. The van der Waals surface area contributed by atoms with Gasteiger partial charge in [0.15, 0.2) is 0 Å². The smallest absolute Gasteiger partial charge is 0.129 e. The second kappa shape index (κ2) is 4.21. The summed E-state index contributed by atoms with van der Waals surface area (Å²) in [6, 6.07) is 0. The van der Waals surface area contributed by atoms with E-state index >= 15 is 0 Å². The number of hydrogen-bond donors (Lipinski definition) is 0. The van der Waals surface area contributed by atoms with E-state index in [1.165, 1.54) is 9.28 Å². The van der Waals surface area contributed by atoms with Gasteiger partial charge in [0.05, 0.1) is 0 Å². The Morgan fingerprint density at radius 1 is 1.64 bits per heavy atom. The fourth-order valence-corrected chi connectivity index (χ4v) is 2.67. The lowest BCUT2D eigenvalue weighted by Gasteiger charge is -1.98. The number of aliphatic imine (C=N–C) groups is 1. The second-order valence-corrected chi connectivity index (χ2v) is 5.32. The fraction of sp³-hybridized carbons (Fsp3) is 0.625. The lowest BCUT2D eigenvalue weighted by Crippen LogP contribution is -1.93. The minimum absolute atomic E-state index is 0.664. The molecule has 1 nitrogen and oxygen atoms in total. The molecule has 1 saturated heterocycles. The molecule has 1 rings (SSSR count). The van der Waals surface area contributed by atoms with Crippen LogP contribution in [0.3, 0.4) is 0 Å². The molecular formula is C8H13NS2. The molecule has 0 saturated carbocycles. The lowest BCUT2D eigenvalue weighted by molar-refractivity contribution is 0.667. The Balaban J connectivity index is 2.36. The van der Waals surface area contributed by atoms with E-state index in [0.717, 1.165) is 12.3 Å². The molecule has 1 aliphatic rings. The Kier molecular flexibility index (Phi) is 3.52. The van der Waals surface area contributed by atoms with Crippen molar-refractivity contribution in [3.8, 4) is 0 Å². The molecule has 0 aromatic rings. The molecule has 0 N–H and O–H groups in total. The number of nitrogens with zero attached hydrogens (tertiary/aromatic N) is 1. The third-order valence-electron chi connectivity index (χ3n) is 1.17. The van der Waals surface area contributed by atoms with Crippen LogP contribution in [0, 0.1) is 5.92 Å². The Morgan fingerprint density at radius 3 is 2.82 bits per heavy atom. The van der Waals surface area contributed by atoms with Gasteiger partial charge < -0.3 is 0 Å². The summed E-state index contributed by atoms with van der Waals surface area (Å²) in [4.78, 5) is 5.69. The van der Waals surface area contributed by atoms with Gasteiger partial charge in [0.25, 0.3) is 0 Å². The SMILES string of the molecule is C=C1CSC(=NCC(C)C)S1. The summed E-state index contributed by atoms with van der Waals surface area (Å²) >= 11 is 3.53. The highest BCUT2D eigenvalue weighted by Crippen LogP contribution is 2.34. The molecule has 0 spiro atoms. The molecule has 0 bridgehead atoms. The molecule has 0 amide bonds. The Hall–Kier alpha value is 0.110. The van der Waals surface area contributed by atoms with Gasteiger partial charge in [0.2, 0.25) is 0 Å². The average molecular weight is 187 g/mol. The first kappa shape index (κ1) is 9.20. The van der Waals surface area contributed by atoms with Crippen molar-refractivity contribution in [1.82, 2.24) is 0 Å². The predicted octanol–water partition coefficient (Wildman–Crippen LogP) is 2.99. The van der Waals surface area contributed by atoms with Gasteiger partial charge in [-0.1, -0.05) is 44.0 Å². The molecule has 0 unspecified atom stereocenters. The maximum Gasteiger partial charge on any atom is 0.129 e. The molecule has 0 atom stereocenters. The van der Waals surface area contributed by atoms with Crippen molar-refractivity contribution in [2.45, 2.75) is 13.8 Å². The molecule has 0 aromatic carbocycles. The molecule has 0 aliphatic carbocycles. The molecule has 1 fully saturated rings. The molecule has 1 heterocycles. The summed E-state index contributed by atoms with van der Waals surface area (Å²) in [5.41, 5.74) is 0. The second-order valence-electron chi connectivity index (χ2n) is 2.93. The van der Waals surface area contributed by atoms with E-state index in [0.29, 0.717) is 5.92 Å². The van der Waals surface area contributed by atoms with Gasteiger partial charge in [-0.25, -0.2) is 0 Å². The minimum Gasteiger partial charge on any atom is -0.271 e. The van der Waals surface area contributed by atoms with Crippen LogP contribution in [0.25, 0.3) is 0 Å². The lowest BCUT2D eigenvalue weighted by atomic mass is 10.2. The van der Waals surface area contributed by atoms with Crippen molar-refractivity contribution in [2.24, 2.45) is 10.9 Å². The van der Waals surface area contributed by atoms with E-state index < -0.39 is 0 Å². The van der Waals surface area contributed by atoms with Crippen LogP contribution in [-0.2, 0) is 0 Å². The topological polar surface area (TPSA) is 12.4 Å². The average Bonchev–Trinajstić information content (AvgIpc) is 2.31. The Labute approximate surface area is 76.7 Å². The standard InChI is InChI=1S/C8H13NS2/c1-6(2)4-9-8-10-5-7(3)11-8/h6H,3-5H2,1-2H3. The monoisotopic (exact) mass is 187 g/mol. The number of hydrogen-bond acceptors (Lipinski definition) is 3. The minimum atomic E-state index is 0.664. The first-order valence-corrected chi connectivity index (χ1v) is 5.51. The zero-order valence-electron chi connectivity index (χ0n) is 6.96. The van der Waals surface area contributed by atoms with Crippen LogP contribution in [0.1, 0.15) is 13.8 Å². The third kappa shape index (κ3) is 3.34. The van der Waals surface area contributed by atoms with Crippen molar-refractivity contribution in [2.75, 3.05) is 12.3 Å². The fourth-order valence-electron chi connectivity index (χ4n) is 0.660. The largest absolute Gasteiger partial charge is 0.271 e. The van der Waals surface area contributed by atoms with Crippen LogP contribution in [0.2, 0.25) is 0 Å². The maximum atomic E-state index is 4.45. The van der Waals surface area contributed by atoms with E-state index in [1.54, 1.807) is 23.5 Å². The van der Waals surface area contributed by atoms with Gasteiger partial charge in [0, 0.05) is 12.3 Å². The normalized spacial score (nSPS) is 22.1.